The predicted octanol–water partition coefficient (Wildman–Crippen LogP) is 2.84. The van der Waals surface area contributed by atoms with Crippen LogP contribution >= 0.6 is 0 Å². The molecule has 2 aromatic rings. The summed E-state index contributed by atoms with van der Waals surface area (Å²) in [6.07, 6.45) is 0.672. The monoisotopic (exact) mass is 290 g/mol. The van der Waals surface area contributed by atoms with Gasteiger partial charge in [0.05, 0.1) is 18.1 Å². The van der Waals surface area contributed by atoms with Crippen molar-refractivity contribution in [3.05, 3.63) is 52.2 Å². The highest BCUT2D eigenvalue weighted by atomic mass is 16.6. The first kappa shape index (κ1) is 14.7. The van der Waals surface area contributed by atoms with E-state index in [2.05, 4.69) is 4.98 Å². The fourth-order valence-electron chi connectivity index (χ4n) is 1.76. The summed E-state index contributed by atoms with van der Waals surface area (Å²) in [7, 11) is 1.45. The van der Waals surface area contributed by atoms with Gasteiger partial charge in [0, 0.05) is 23.9 Å². The van der Waals surface area contributed by atoms with Crippen molar-refractivity contribution < 1.29 is 19.5 Å². The second kappa shape index (κ2) is 6.19. The van der Waals surface area contributed by atoms with E-state index in [-0.39, 0.29) is 17.3 Å². The Hall–Kier alpha value is -2.67. The Kier molecular flexibility index (Phi) is 4.34. The van der Waals surface area contributed by atoms with E-state index in [0.29, 0.717) is 11.3 Å². The molecular weight excluding hydrogens is 276 g/mol. The van der Waals surface area contributed by atoms with Gasteiger partial charge in [0.1, 0.15) is 5.75 Å². The minimum absolute atomic E-state index is 0.0000463. The molecule has 110 valence electrons. The first-order valence-corrected chi connectivity index (χ1v) is 6.16. The number of rotatable bonds is 5. The van der Waals surface area contributed by atoms with Crippen molar-refractivity contribution in [2.75, 3.05) is 7.11 Å². The Morgan fingerprint density at radius 3 is 2.76 bits per heavy atom. The van der Waals surface area contributed by atoms with Crippen LogP contribution in [0.25, 0.3) is 0 Å². The van der Waals surface area contributed by atoms with Crippen molar-refractivity contribution in [3.63, 3.8) is 0 Å². The number of aliphatic hydroxyl groups excluding tert-OH is 1. The van der Waals surface area contributed by atoms with E-state index in [1.54, 1.807) is 19.1 Å². The predicted molar refractivity (Wildman–Crippen MR) is 74.6 cm³/mol. The molecule has 1 heterocycles. The SMILES string of the molecule is COc1ccc([N+](=O)[O-])c(Oc2ncccc2C(C)O)c1. The number of nitrogens with zero attached hydrogens (tertiary/aromatic N) is 2. The van der Waals surface area contributed by atoms with Crippen LogP contribution in [0.5, 0.6) is 17.4 Å². The van der Waals surface area contributed by atoms with E-state index in [1.807, 2.05) is 0 Å². The minimum Gasteiger partial charge on any atom is -0.497 e. The molecule has 0 aliphatic heterocycles. The van der Waals surface area contributed by atoms with Crippen LogP contribution in [0.4, 0.5) is 5.69 Å². The zero-order valence-corrected chi connectivity index (χ0v) is 11.5. The largest absolute Gasteiger partial charge is 0.497 e. The van der Waals surface area contributed by atoms with Crippen molar-refractivity contribution in [2.24, 2.45) is 0 Å². The molecule has 0 saturated carbocycles. The number of aromatic nitrogens is 1. The lowest BCUT2D eigenvalue weighted by Crippen LogP contribution is -2.00. The number of benzene rings is 1. The van der Waals surface area contributed by atoms with Gasteiger partial charge in [0.15, 0.2) is 0 Å². The molecule has 2 rings (SSSR count). The highest BCUT2D eigenvalue weighted by Gasteiger charge is 2.19. The van der Waals surface area contributed by atoms with Gasteiger partial charge in [-0.15, -0.1) is 0 Å². The lowest BCUT2D eigenvalue weighted by Gasteiger charge is -2.12. The molecule has 7 nitrogen and oxygen atoms in total. The molecule has 0 fully saturated rings. The number of methoxy groups -OCH3 is 1. The summed E-state index contributed by atoms with van der Waals surface area (Å²) in [4.78, 5) is 14.5. The van der Waals surface area contributed by atoms with Gasteiger partial charge in [0.25, 0.3) is 0 Å². The summed E-state index contributed by atoms with van der Waals surface area (Å²) >= 11 is 0. The summed E-state index contributed by atoms with van der Waals surface area (Å²) in [6, 6.07) is 7.45. The highest BCUT2D eigenvalue weighted by Crippen LogP contribution is 2.36. The molecule has 0 saturated heterocycles. The second-order valence-corrected chi connectivity index (χ2v) is 4.27. The maximum atomic E-state index is 11.0. The quantitative estimate of drug-likeness (QED) is 0.672. The lowest BCUT2D eigenvalue weighted by atomic mass is 10.2. The minimum atomic E-state index is -0.807. The normalized spacial score (nSPS) is 11.8. The van der Waals surface area contributed by atoms with Gasteiger partial charge in [0.2, 0.25) is 11.6 Å². The summed E-state index contributed by atoms with van der Waals surface area (Å²) in [6.45, 7) is 1.56. The zero-order valence-electron chi connectivity index (χ0n) is 11.5. The van der Waals surface area contributed by atoms with Gasteiger partial charge in [-0.05, 0) is 25.1 Å². The van der Waals surface area contributed by atoms with Gasteiger partial charge in [-0.25, -0.2) is 4.98 Å². The van der Waals surface area contributed by atoms with Crippen LogP contribution in [0.15, 0.2) is 36.5 Å². The molecule has 1 atom stereocenters. The van der Waals surface area contributed by atoms with Crippen LogP contribution in [-0.2, 0) is 0 Å². The number of nitro benzene ring substituents is 1. The lowest BCUT2D eigenvalue weighted by molar-refractivity contribution is -0.385. The third-order valence-electron chi connectivity index (χ3n) is 2.82. The van der Waals surface area contributed by atoms with E-state index < -0.39 is 11.0 Å². The molecule has 0 aliphatic rings. The Morgan fingerprint density at radius 2 is 2.14 bits per heavy atom. The molecule has 21 heavy (non-hydrogen) atoms. The Morgan fingerprint density at radius 1 is 1.38 bits per heavy atom. The Balaban J connectivity index is 2.45. The molecule has 0 aliphatic carbocycles. The van der Waals surface area contributed by atoms with Crippen molar-refractivity contribution in [1.29, 1.82) is 0 Å². The fourth-order valence-corrected chi connectivity index (χ4v) is 1.76. The van der Waals surface area contributed by atoms with Gasteiger partial charge in [-0.1, -0.05) is 0 Å². The zero-order chi connectivity index (χ0) is 15.4. The molecule has 7 heteroatoms. The smallest absolute Gasteiger partial charge is 0.311 e. The van der Waals surface area contributed by atoms with Gasteiger partial charge < -0.3 is 14.6 Å². The van der Waals surface area contributed by atoms with Gasteiger partial charge in [-0.3, -0.25) is 10.1 Å². The van der Waals surface area contributed by atoms with Crippen LogP contribution < -0.4 is 9.47 Å². The fraction of sp³-hybridized carbons (Fsp3) is 0.214. The Bertz CT molecular complexity index is 658. The third-order valence-corrected chi connectivity index (χ3v) is 2.82. The maximum Gasteiger partial charge on any atom is 0.311 e. The van der Waals surface area contributed by atoms with Crippen LogP contribution in [0.1, 0.15) is 18.6 Å². The van der Waals surface area contributed by atoms with Crippen molar-refractivity contribution in [1.82, 2.24) is 4.98 Å². The number of ether oxygens (including phenoxy) is 2. The van der Waals surface area contributed by atoms with E-state index in [4.69, 9.17) is 9.47 Å². The maximum absolute atomic E-state index is 11.0. The molecule has 0 radical (unpaired) electrons. The summed E-state index contributed by atoms with van der Waals surface area (Å²) < 4.78 is 10.5. The molecule has 1 N–H and O–H groups in total. The summed E-state index contributed by atoms with van der Waals surface area (Å²) in [5, 5.41) is 20.7. The topological polar surface area (TPSA) is 94.7 Å². The molecule has 0 amide bonds. The van der Waals surface area contributed by atoms with Crippen LogP contribution in [-0.4, -0.2) is 22.1 Å². The van der Waals surface area contributed by atoms with E-state index >= 15 is 0 Å². The summed E-state index contributed by atoms with van der Waals surface area (Å²) in [5.74, 6) is 0.536. The van der Waals surface area contributed by atoms with E-state index in [9.17, 15) is 15.2 Å². The number of pyridine rings is 1. The Labute approximate surface area is 120 Å². The third kappa shape index (κ3) is 3.26. The number of nitro groups is 1. The van der Waals surface area contributed by atoms with Crippen molar-refractivity contribution in [2.45, 2.75) is 13.0 Å². The first-order valence-electron chi connectivity index (χ1n) is 6.16. The number of hydrogen-bond acceptors (Lipinski definition) is 6. The second-order valence-electron chi connectivity index (χ2n) is 4.27. The molecule has 1 unspecified atom stereocenters. The number of aliphatic hydroxyl groups is 1. The molecule has 1 aromatic carbocycles. The average molecular weight is 290 g/mol. The van der Waals surface area contributed by atoms with E-state index in [0.717, 1.165) is 0 Å². The summed E-state index contributed by atoms with van der Waals surface area (Å²) in [5.41, 5.74) is 0.229. The van der Waals surface area contributed by atoms with Crippen LogP contribution in [0.2, 0.25) is 0 Å². The highest BCUT2D eigenvalue weighted by molar-refractivity contribution is 5.52. The molecule has 1 aromatic heterocycles. The van der Waals surface area contributed by atoms with Crippen LogP contribution in [0.3, 0.4) is 0 Å². The van der Waals surface area contributed by atoms with E-state index in [1.165, 1.54) is 31.5 Å². The van der Waals surface area contributed by atoms with Crippen molar-refractivity contribution >= 4 is 5.69 Å². The molecule has 0 bridgehead atoms. The average Bonchev–Trinajstić information content (AvgIpc) is 2.47. The van der Waals surface area contributed by atoms with Gasteiger partial charge >= 0.3 is 5.69 Å². The van der Waals surface area contributed by atoms with Gasteiger partial charge in [-0.2, -0.15) is 0 Å². The van der Waals surface area contributed by atoms with Crippen molar-refractivity contribution in [3.8, 4) is 17.4 Å². The molecule has 0 spiro atoms. The standard InChI is InChI=1S/C14H14N2O5/c1-9(17)11-4-3-7-15-14(11)21-13-8-10(20-2)5-6-12(13)16(18)19/h3-9,17H,1-2H3. The molecular formula is C14H14N2O5. The first-order chi connectivity index (χ1) is 10.0. The van der Waals surface area contributed by atoms with Crippen LogP contribution in [0, 0.1) is 10.1 Å². The number of hydrogen-bond donors (Lipinski definition) is 1.